The summed E-state index contributed by atoms with van der Waals surface area (Å²) in [5.74, 6) is 0.662. The van der Waals surface area contributed by atoms with E-state index in [-0.39, 0.29) is 17.5 Å². The molecule has 0 heterocycles. The van der Waals surface area contributed by atoms with Crippen LogP contribution < -0.4 is 10.1 Å². The molecule has 2 rings (SSSR count). The van der Waals surface area contributed by atoms with E-state index in [1.165, 1.54) is 6.07 Å². The maximum atomic E-state index is 9.74. The first-order valence-corrected chi connectivity index (χ1v) is 6.49. The molecule has 20 heavy (non-hydrogen) atoms. The molecule has 2 aromatic carbocycles. The van der Waals surface area contributed by atoms with Crippen LogP contribution in [0.1, 0.15) is 24.1 Å². The minimum absolute atomic E-state index is 0.0677. The highest BCUT2D eigenvalue weighted by Gasteiger charge is 2.09. The first kappa shape index (κ1) is 14.2. The molecule has 0 saturated carbocycles. The number of phenols is 2. The van der Waals surface area contributed by atoms with Gasteiger partial charge in [-0.05, 0) is 30.7 Å². The summed E-state index contributed by atoms with van der Waals surface area (Å²) in [5, 5.41) is 22.5. The van der Waals surface area contributed by atoms with Gasteiger partial charge in [-0.2, -0.15) is 0 Å². The van der Waals surface area contributed by atoms with Crippen LogP contribution >= 0.6 is 0 Å². The Morgan fingerprint density at radius 2 is 1.80 bits per heavy atom. The number of ether oxygens (including phenoxy) is 1. The number of benzene rings is 2. The van der Waals surface area contributed by atoms with Crippen LogP contribution in [-0.2, 0) is 6.54 Å². The summed E-state index contributed by atoms with van der Waals surface area (Å²) in [4.78, 5) is 0. The molecule has 0 radical (unpaired) electrons. The van der Waals surface area contributed by atoms with Gasteiger partial charge in [0.05, 0.1) is 7.11 Å². The van der Waals surface area contributed by atoms with Crippen molar-refractivity contribution in [3.8, 4) is 17.2 Å². The summed E-state index contributed by atoms with van der Waals surface area (Å²) in [6, 6.07) is 12.9. The molecular weight excluding hydrogens is 254 g/mol. The minimum Gasteiger partial charge on any atom is -0.504 e. The van der Waals surface area contributed by atoms with Crippen molar-refractivity contribution >= 4 is 0 Å². The Kier molecular flexibility index (Phi) is 4.48. The predicted molar refractivity (Wildman–Crippen MR) is 78.0 cm³/mol. The Balaban J connectivity index is 2.00. The lowest BCUT2D eigenvalue weighted by Gasteiger charge is -2.15. The van der Waals surface area contributed by atoms with Crippen molar-refractivity contribution in [3.05, 3.63) is 53.6 Å². The quantitative estimate of drug-likeness (QED) is 0.733. The molecule has 106 valence electrons. The van der Waals surface area contributed by atoms with Crippen LogP contribution in [0.3, 0.4) is 0 Å². The lowest BCUT2D eigenvalue weighted by molar-refractivity contribution is 0.396. The Bertz CT molecular complexity index is 566. The van der Waals surface area contributed by atoms with E-state index >= 15 is 0 Å². The standard InChI is InChI=1S/C16H19NO3/c1-11(12-6-8-14(20-2)9-7-12)17-10-13-4-3-5-15(18)16(13)19/h3-9,11,17-19H,10H2,1-2H3/t11-/m1/s1. The number of hydrogen-bond acceptors (Lipinski definition) is 4. The van der Waals surface area contributed by atoms with Gasteiger partial charge in [0.1, 0.15) is 5.75 Å². The van der Waals surface area contributed by atoms with Gasteiger partial charge < -0.3 is 20.3 Å². The van der Waals surface area contributed by atoms with Crippen molar-refractivity contribution in [1.29, 1.82) is 0 Å². The Morgan fingerprint density at radius 3 is 2.45 bits per heavy atom. The molecule has 0 aromatic heterocycles. The molecule has 1 atom stereocenters. The number of nitrogens with one attached hydrogen (secondary N) is 1. The fourth-order valence-corrected chi connectivity index (χ4v) is 1.99. The van der Waals surface area contributed by atoms with Gasteiger partial charge >= 0.3 is 0 Å². The second kappa shape index (κ2) is 6.30. The predicted octanol–water partition coefficient (Wildman–Crippen LogP) is 2.96. The highest BCUT2D eigenvalue weighted by molar-refractivity contribution is 5.44. The van der Waals surface area contributed by atoms with Crippen LogP contribution in [0.2, 0.25) is 0 Å². The monoisotopic (exact) mass is 273 g/mol. The van der Waals surface area contributed by atoms with Gasteiger partial charge in [0.25, 0.3) is 0 Å². The summed E-state index contributed by atoms with van der Waals surface area (Å²) in [5.41, 5.74) is 1.80. The summed E-state index contributed by atoms with van der Waals surface area (Å²) < 4.78 is 5.13. The van der Waals surface area contributed by atoms with E-state index in [0.29, 0.717) is 12.1 Å². The maximum absolute atomic E-state index is 9.74. The van der Waals surface area contributed by atoms with Crippen molar-refractivity contribution < 1.29 is 14.9 Å². The Labute approximate surface area is 118 Å². The van der Waals surface area contributed by atoms with Crippen LogP contribution in [-0.4, -0.2) is 17.3 Å². The molecule has 0 bridgehead atoms. The maximum Gasteiger partial charge on any atom is 0.161 e. The van der Waals surface area contributed by atoms with Crippen molar-refractivity contribution in [3.63, 3.8) is 0 Å². The van der Waals surface area contributed by atoms with E-state index in [0.717, 1.165) is 11.3 Å². The molecule has 3 N–H and O–H groups in total. The average Bonchev–Trinajstić information content (AvgIpc) is 2.48. The van der Waals surface area contributed by atoms with Crippen molar-refractivity contribution in [2.24, 2.45) is 0 Å². The third-order valence-corrected chi connectivity index (χ3v) is 3.31. The molecule has 4 heteroatoms. The highest BCUT2D eigenvalue weighted by Crippen LogP contribution is 2.28. The molecule has 2 aromatic rings. The van der Waals surface area contributed by atoms with Crippen LogP contribution in [0.4, 0.5) is 0 Å². The fraction of sp³-hybridized carbons (Fsp3) is 0.250. The first-order valence-electron chi connectivity index (χ1n) is 6.49. The second-order valence-electron chi connectivity index (χ2n) is 4.66. The SMILES string of the molecule is COc1ccc([C@@H](C)NCc2cccc(O)c2O)cc1. The molecule has 0 aliphatic carbocycles. The number of phenolic OH excluding ortho intramolecular Hbond substituents is 2. The first-order chi connectivity index (χ1) is 9.61. The normalized spacial score (nSPS) is 12.1. The third-order valence-electron chi connectivity index (χ3n) is 3.31. The van der Waals surface area contributed by atoms with Gasteiger partial charge in [0.2, 0.25) is 0 Å². The topological polar surface area (TPSA) is 61.7 Å². The Morgan fingerprint density at radius 1 is 1.10 bits per heavy atom. The molecule has 0 saturated heterocycles. The van der Waals surface area contributed by atoms with Gasteiger partial charge in [0, 0.05) is 18.2 Å². The van der Waals surface area contributed by atoms with Gasteiger partial charge in [0.15, 0.2) is 11.5 Å². The minimum atomic E-state index is -0.0959. The third kappa shape index (κ3) is 3.22. The molecule has 0 amide bonds. The van der Waals surface area contributed by atoms with E-state index in [1.54, 1.807) is 19.2 Å². The van der Waals surface area contributed by atoms with E-state index in [9.17, 15) is 10.2 Å². The second-order valence-corrected chi connectivity index (χ2v) is 4.66. The summed E-state index contributed by atoms with van der Waals surface area (Å²) in [6.07, 6.45) is 0. The smallest absolute Gasteiger partial charge is 0.161 e. The number of rotatable bonds is 5. The molecule has 4 nitrogen and oxygen atoms in total. The molecule has 0 unspecified atom stereocenters. The lowest BCUT2D eigenvalue weighted by Crippen LogP contribution is -2.18. The van der Waals surface area contributed by atoms with E-state index < -0.39 is 0 Å². The molecule has 0 fully saturated rings. The number of para-hydroxylation sites is 1. The Hall–Kier alpha value is -2.20. The molecular formula is C16H19NO3. The number of methoxy groups -OCH3 is 1. The number of hydrogen-bond donors (Lipinski definition) is 3. The van der Waals surface area contributed by atoms with Gasteiger partial charge in [-0.15, -0.1) is 0 Å². The lowest BCUT2D eigenvalue weighted by atomic mass is 10.1. The van der Waals surface area contributed by atoms with Crippen LogP contribution in [0.15, 0.2) is 42.5 Å². The summed E-state index contributed by atoms with van der Waals surface area (Å²) in [7, 11) is 1.64. The van der Waals surface area contributed by atoms with Crippen LogP contribution in [0.25, 0.3) is 0 Å². The van der Waals surface area contributed by atoms with Crippen molar-refractivity contribution in [2.75, 3.05) is 7.11 Å². The largest absolute Gasteiger partial charge is 0.504 e. The van der Waals surface area contributed by atoms with Crippen LogP contribution in [0.5, 0.6) is 17.2 Å². The molecule has 0 aliphatic rings. The highest BCUT2D eigenvalue weighted by atomic mass is 16.5. The van der Waals surface area contributed by atoms with Gasteiger partial charge in [-0.1, -0.05) is 24.3 Å². The van der Waals surface area contributed by atoms with Crippen LogP contribution in [0, 0.1) is 0 Å². The van der Waals surface area contributed by atoms with E-state index in [2.05, 4.69) is 5.32 Å². The number of aromatic hydroxyl groups is 2. The zero-order valence-electron chi connectivity index (χ0n) is 11.6. The molecule has 0 aliphatic heterocycles. The van der Waals surface area contributed by atoms with Gasteiger partial charge in [-0.3, -0.25) is 0 Å². The zero-order valence-corrected chi connectivity index (χ0v) is 11.6. The van der Waals surface area contributed by atoms with Crippen molar-refractivity contribution in [1.82, 2.24) is 5.32 Å². The summed E-state index contributed by atoms with van der Waals surface area (Å²) in [6.45, 7) is 2.52. The fourth-order valence-electron chi connectivity index (χ4n) is 1.99. The summed E-state index contributed by atoms with van der Waals surface area (Å²) >= 11 is 0. The van der Waals surface area contributed by atoms with E-state index in [1.807, 2.05) is 31.2 Å². The van der Waals surface area contributed by atoms with Gasteiger partial charge in [-0.25, -0.2) is 0 Å². The van der Waals surface area contributed by atoms with Crippen molar-refractivity contribution in [2.45, 2.75) is 19.5 Å². The average molecular weight is 273 g/mol. The zero-order chi connectivity index (χ0) is 14.5. The molecule has 0 spiro atoms. The van der Waals surface area contributed by atoms with E-state index in [4.69, 9.17) is 4.74 Å².